The molecule has 1 heterocycles. The van der Waals surface area contributed by atoms with Crippen molar-refractivity contribution in [2.24, 2.45) is 16.1 Å². The summed E-state index contributed by atoms with van der Waals surface area (Å²) >= 11 is 0. The van der Waals surface area contributed by atoms with Gasteiger partial charge in [-0.05, 0) is 36.5 Å². The average Bonchev–Trinajstić information content (AvgIpc) is 3.48. The fourth-order valence-corrected chi connectivity index (χ4v) is 2.56. The Kier molecular flexibility index (Phi) is 5.14. The fraction of sp³-hybridized carbons (Fsp3) is 0.526. The highest BCUT2D eigenvalue weighted by Crippen LogP contribution is 2.36. The molecule has 1 N–H and O–H groups in total. The van der Waals surface area contributed by atoms with Crippen LogP contribution in [-0.4, -0.2) is 24.7 Å². The molecule has 1 fully saturated rings. The lowest BCUT2D eigenvalue weighted by Gasteiger charge is -2.10. The summed E-state index contributed by atoms with van der Waals surface area (Å²) in [5.74, 6) is 4.17. The number of ether oxygens (including phenoxy) is 1. The summed E-state index contributed by atoms with van der Waals surface area (Å²) in [6, 6.07) is 7.77. The minimum absolute atomic E-state index is 0.00194. The lowest BCUT2D eigenvalue weighted by molar-refractivity contribution is -0.120. The number of benzene rings is 1. The highest BCUT2D eigenvalue weighted by atomic mass is 16.5. The molecule has 1 aromatic carbocycles. The zero-order chi connectivity index (χ0) is 16.8. The minimum atomic E-state index is -0.337. The van der Waals surface area contributed by atoms with Crippen LogP contribution >= 0.6 is 0 Å². The van der Waals surface area contributed by atoms with Crippen LogP contribution in [0.5, 0.6) is 5.75 Å². The van der Waals surface area contributed by atoms with E-state index < -0.39 is 0 Å². The van der Waals surface area contributed by atoms with Crippen molar-refractivity contribution in [2.45, 2.75) is 44.2 Å². The summed E-state index contributed by atoms with van der Waals surface area (Å²) in [7, 11) is 0. The molecule has 5 nitrogen and oxygen atoms in total. The maximum atomic E-state index is 12.1. The highest BCUT2D eigenvalue weighted by molar-refractivity contribution is 5.78. The van der Waals surface area contributed by atoms with Crippen LogP contribution in [0.1, 0.15) is 37.7 Å². The van der Waals surface area contributed by atoms with Crippen molar-refractivity contribution >= 4 is 5.91 Å². The quantitative estimate of drug-likeness (QED) is 0.672. The average molecular weight is 325 g/mol. The third-order valence-corrected chi connectivity index (χ3v) is 4.35. The number of carbonyl (C=O) groups excluding carboxylic acids is 1. The van der Waals surface area contributed by atoms with E-state index in [4.69, 9.17) is 11.2 Å². The lowest BCUT2D eigenvalue weighted by atomic mass is 10.0. The van der Waals surface area contributed by atoms with Crippen molar-refractivity contribution in [3.63, 3.8) is 0 Å². The predicted octanol–water partition coefficient (Wildman–Crippen LogP) is 3.10. The summed E-state index contributed by atoms with van der Waals surface area (Å²) in [6.07, 6.45) is 10.3. The summed E-state index contributed by atoms with van der Waals surface area (Å²) in [5, 5.41) is 11.1. The van der Waals surface area contributed by atoms with Gasteiger partial charge in [-0.25, -0.2) is 0 Å². The van der Waals surface area contributed by atoms with Gasteiger partial charge in [0.15, 0.2) is 5.66 Å². The van der Waals surface area contributed by atoms with E-state index in [1.807, 2.05) is 24.3 Å². The lowest BCUT2D eigenvalue weighted by Crippen LogP contribution is -2.29. The second kappa shape index (κ2) is 7.48. The number of hydrogen-bond donors (Lipinski definition) is 1. The number of nitrogens with zero attached hydrogens (tertiary/aromatic N) is 2. The first-order valence-corrected chi connectivity index (χ1v) is 8.55. The smallest absolute Gasteiger partial charge is 0.224 e. The van der Waals surface area contributed by atoms with E-state index >= 15 is 0 Å². The van der Waals surface area contributed by atoms with Gasteiger partial charge in [-0.1, -0.05) is 12.1 Å². The van der Waals surface area contributed by atoms with Crippen molar-refractivity contribution < 1.29 is 9.53 Å². The molecular formula is C19H23N3O2. The number of amides is 1. The monoisotopic (exact) mass is 325 g/mol. The van der Waals surface area contributed by atoms with Gasteiger partial charge in [-0.15, -0.1) is 12.3 Å². The molecule has 2 aliphatic rings. The highest BCUT2D eigenvalue weighted by Gasteiger charge is 2.38. The van der Waals surface area contributed by atoms with Gasteiger partial charge >= 0.3 is 0 Å². The van der Waals surface area contributed by atoms with E-state index in [-0.39, 0.29) is 11.6 Å². The first-order chi connectivity index (χ1) is 11.7. The first-order valence-electron chi connectivity index (χ1n) is 8.55. The van der Waals surface area contributed by atoms with Crippen LogP contribution in [0.4, 0.5) is 0 Å². The van der Waals surface area contributed by atoms with Crippen molar-refractivity contribution in [3.05, 3.63) is 29.8 Å². The van der Waals surface area contributed by atoms with Gasteiger partial charge in [0.25, 0.3) is 0 Å². The summed E-state index contributed by atoms with van der Waals surface area (Å²) in [6.45, 7) is 1.34. The summed E-state index contributed by atoms with van der Waals surface area (Å²) < 4.78 is 5.75. The molecule has 1 aliphatic heterocycles. The predicted molar refractivity (Wildman–Crippen MR) is 91.6 cm³/mol. The topological polar surface area (TPSA) is 63.0 Å². The molecule has 0 radical (unpaired) electrons. The van der Waals surface area contributed by atoms with Gasteiger partial charge < -0.3 is 10.1 Å². The van der Waals surface area contributed by atoms with E-state index in [0.717, 1.165) is 30.3 Å². The van der Waals surface area contributed by atoms with Crippen molar-refractivity contribution in [3.8, 4) is 18.1 Å². The Balaban J connectivity index is 1.38. The van der Waals surface area contributed by atoms with Crippen LogP contribution in [0.3, 0.4) is 0 Å². The Morgan fingerprint density at radius 1 is 1.38 bits per heavy atom. The minimum Gasteiger partial charge on any atom is -0.493 e. The molecule has 1 saturated carbocycles. The number of terminal acetylenes is 1. The molecule has 1 aliphatic carbocycles. The maximum Gasteiger partial charge on any atom is 0.224 e. The molecule has 1 amide bonds. The van der Waals surface area contributed by atoms with Crippen molar-refractivity contribution in [1.29, 1.82) is 0 Å². The number of rotatable bonds is 10. The molecule has 24 heavy (non-hydrogen) atoms. The van der Waals surface area contributed by atoms with E-state index in [1.54, 1.807) is 0 Å². The van der Waals surface area contributed by atoms with Crippen LogP contribution in [0.25, 0.3) is 0 Å². The van der Waals surface area contributed by atoms with Crippen LogP contribution in [0.2, 0.25) is 0 Å². The number of carbonyl (C=O) groups is 1. The van der Waals surface area contributed by atoms with Gasteiger partial charge in [0.2, 0.25) is 5.91 Å². The molecule has 126 valence electrons. The molecule has 3 rings (SSSR count). The van der Waals surface area contributed by atoms with Crippen molar-refractivity contribution in [2.75, 3.05) is 13.2 Å². The van der Waals surface area contributed by atoms with Gasteiger partial charge in [0, 0.05) is 25.8 Å². The van der Waals surface area contributed by atoms with Crippen LogP contribution in [0, 0.1) is 18.3 Å². The Morgan fingerprint density at radius 2 is 2.21 bits per heavy atom. The SMILES string of the molecule is C#CCCC1(CCNC(=O)Cc2cccc(OCC3CC3)c2)N=N1. The van der Waals surface area contributed by atoms with E-state index in [9.17, 15) is 4.79 Å². The third kappa shape index (κ3) is 5.09. The van der Waals surface area contributed by atoms with Gasteiger partial charge in [-0.2, -0.15) is 10.2 Å². The normalized spacial score (nSPS) is 17.1. The van der Waals surface area contributed by atoms with E-state index in [0.29, 0.717) is 25.8 Å². The van der Waals surface area contributed by atoms with Crippen molar-refractivity contribution in [1.82, 2.24) is 5.32 Å². The molecular weight excluding hydrogens is 302 g/mol. The summed E-state index contributed by atoms with van der Waals surface area (Å²) in [4.78, 5) is 12.1. The summed E-state index contributed by atoms with van der Waals surface area (Å²) in [5.41, 5.74) is 0.625. The molecule has 0 aromatic heterocycles. The van der Waals surface area contributed by atoms with Crippen LogP contribution in [-0.2, 0) is 11.2 Å². The molecule has 0 bridgehead atoms. The Morgan fingerprint density at radius 3 is 2.92 bits per heavy atom. The van der Waals surface area contributed by atoms with Gasteiger partial charge in [-0.3, -0.25) is 4.79 Å². The Labute approximate surface area is 142 Å². The second-order valence-corrected chi connectivity index (χ2v) is 6.57. The molecule has 0 saturated heterocycles. The second-order valence-electron chi connectivity index (χ2n) is 6.57. The number of nitrogens with one attached hydrogen (secondary N) is 1. The number of hydrogen-bond acceptors (Lipinski definition) is 4. The molecule has 0 atom stereocenters. The fourth-order valence-electron chi connectivity index (χ4n) is 2.56. The molecule has 5 heteroatoms. The first kappa shape index (κ1) is 16.5. The molecule has 0 spiro atoms. The maximum absolute atomic E-state index is 12.1. The van der Waals surface area contributed by atoms with Gasteiger partial charge in [0.05, 0.1) is 13.0 Å². The third-order valence-electron chi connectivity index (χ3n) is 4.35. The van der Waals surface area contributed by atoms with Crippen LogP contribution in [0.15, 0.2) is 34.5 Å². The van der Waals surface area contributed by atoms with Gasteiger partial charge in [0.1, 0.15) is 5.75 Å². The zero-order valence-corrected chi connectivity index (χ0v) is 13.8. The largest absolute Gasteiger partial charge is 0.493 e. The Bertz CT molecular complexity index is 653. The van der Waals surface area contributed by atoms with Crippen LogP contribution < -0.4 is 10.1 Å². The standard InChI is InChI=1S/C19H23N3O2/c1-2-3-9-19(21-22-19)10-11-20-18(23)13-16-5-4-6-17(12-16)24-14-15-7-8-15/h1,4-6,12,15H,3,7-11,13-14H2,(H,20,23). The molecule has 1 aromatic rings. The van der Waals surface area contributed by atoms with E-state index in [1.165, 1.54) is 12.8 Å². The zero-order valence-electron chi connectivity index (χ0n) is 13.8. The van der Waals surface area contributed by atoms with E-state index in [2.05, 4.69) is 21.5 Å². The molecule has 0 unspecified atom stereocenters. The Hall–Kier alpha value is -2.35.